The van der Waals surface area contributed by atoms with Crippen LogP contribution in [0.2, 0.25) is 0 Å². The number of ether oxygens (including phenoxy) is 2. The zero-order valence-corrected chi connectivity index (χ0v) is 14.2. The van der Waals surface area contributed by atoms with Crippen molar-refractivity contribution < 1.29 is 19.4 Å². The monoisotopic (exact) mass is 331 g/mol. The molecule has 1 N–H and O–H groups in total. The molecule has 1 aromatic heterocycles. The Hall–Kier alpha value is -2.67. The summed E-state index contributed by atoms with van der Waals surface area (Å²) < 4.78 is 10.8. The number of benzene rings is 1. The van der Waals surface area contributed by atoms with Crippen LogP contribution in [0.5, 0.6) is 11.5 Å². The van der Waals surface area contributed by atoms with Crippen LogP contribution in [-0.2, 0) is 11.3 Å². The number of carbonyl (C=O) groups is 1. The molecular formula is C17H21N3O4. The van der Waals surface area contributed by atoms with Crippen LogP contribution in [0.25, 0.3) is 0 Å². The molecule has 0 saturated carbocycles. The molecule has 0 unspecified atom stereocenters. The summed E-state index contributed by atoms with van der Waals surface area (Å²) in [5, 5.41) is 9.80. The van der Waals surface area contributed by atoms with Crippen molar-refractivity contribution in [3.8, 4) is 11.5 Å². The van der Waals surface area contributed by atoms with Crippen LogP contribution in [0, 0.1) is 6.92 Å². The molecule has 0 aliphatic heterocycles. The van der Waals surface area contributed by atoms with Gasteiger partial charge in [-0.25, -0.2) is 0 Å². The summed E-state index contributed by atoms with van der Waals surface area (Å²) in [6.07, 6.45) is 4.76. The normalized spacial score (nSPS) is 12.0. The molecule has 24 heavy (non-hydrogen) atoms. The Bertz CT molecular complexity index is 681. The lowest BCUT2D eigenvalue weighted by Gasteiger charge is -2.27. The number of carboxylic acid groups (broad SMARTS) is 1. The maximum atomic E-state index is 12.0. The fourth-order valence-electron chi connectivity index (χ4n) is 2.63. The highest BCUT2D eigenvalue weighted by molar-refractivity contribution is 5.78. The standard InChI is InChI=1S/C17H21N3O4/c1-11-7-13(23-3)15(14(8-11)24-4)16(17(21)22)20(2)10-12-9-18-5-6-19-12/h5-9,16H,10H2,1-4H3,(H,21,22)/t16-/m1/s1. The molecule has 1 atom stereocenters. The maximum absolute atomic E-state index is 12.0. The topological polar surface area (TPSA) is 84.8 Å². The van der Waals surface area contributed by atoms with E-state index < -0.39 is 12.0 Å². The Morgan fingerprint density at radius 1 is 1.25 bits per heavy atom. The average molecular weight is 331 g/mol. The summed E-state index contributed by atoms with van der Waals surface area (Å²) in [5.74, 6) is -0.0441. The largest absolute Gasteiger partial charge is 0.496 e. The molecule has 0 bridgehead atoms. The van der Waals surface area contributed by atoms with Gasteiger partial charge in [-0.2, -0.15) is 0 Å². The van der Waals surface area contributed by atoms with Crippen LogP contribution >= 0.6 is 0 Å². The molecule has 2 rings (SSSR count). The van der Waals surface area contributed by atoms with Crippen molar-refractivity contribution in [2.75, 3.05) is 21.3 Å². The fraction of sp³-hybridized carbons (Fsp3) is 0.353. The number of aryl methyl sites for hydroxylation is 1. The predicted molar refractivity (Wildman–Crippen MR) is 88.2 cm³/mol. The van der Waals surface area contributed by atoms with Crippen molar-refractivity contribution >= 4 is 5.97 Å². The van der Waals surface area contributed by atoms with E-state index in [1.165, 1.54) is 14.2 Å². The number of carboxylic acids is 1. The molecule has 0 saturated heterocycles. The first-order chi connectivity index (χ1) is 11.5. The molecule has 128 valence electrons. The lowest BCUT2D eigenvalue weighted by molar-refractivity contribution is -0.143. The second kappa shape index (κ2) is 7.74. The van der Waals surface area contributed by atoms with Crippen LogP contribution in [-0.4, -0.2) is 47.2 Å². The van der Waals surface area contributed by atoms with Crippen LogP contribution in [0.15, 0.2) is 30.7 Å². The van der Waals surface area contributed by atoms with Crippen molar-refractivity contribution in [1.82, 2.24) is 14.9 Å². The first-order valence-electron chi connectivity index (χ1n) is 7.38. The van der Waals surface area contributed by atoms with E-state index >= 15 is 0 Å². The third-order valence-electron chi connectivity index (χ3n) is 3.66. The van der Waals surface area contributed by atoms with Crippen LogP contribution in [0.3, 0.4) is 0 Å². The minimum Gasteiger partial charge on any atom is -0.496 e. The maximum Gasteiger partial charge on any atom is 0.325 e. The molecule has 0 aliphatic rings. The third kappa shape index (κ3) is 3.80. The highest BCUT2D eigenvalue weighted by atomic mass is 16.5. The molecule has 1 aromatic carbocycles. The number of nitrogens with zero attached hydrogens (tertiary/aromatic N) is 3. The number of aliphatic carboxylic acids is 1. The minimum absolute atomic E-state index is 0.324. The van der Waals surface area contributed by atoms with Crippen molar-refractivity contribution in [3.05, 3.63) is 47.5 Å². The third-order valence-corrected chi connectivity index (χ3v) is 3.66. The second-order valence-corrected chi connectivity index (χ2v) is 5.44. The van der Waals surface area contributed by atoms with E-state index in [1.807, 2.05) is 6.92 Å². The van der Waals surface area contributed by atoms with Gasteiger partial charge in [0.2, 0.25) is 0 Å². The lowest BCUT2D eigenvalue weighted by Crippen LogP contribution is -2.31. The smallest absolute Gasteiger partial charge is 0.325 e. The van der Waals surface area contributed by atoms with Gasteiger partial charge in [0.05, 0.1) is 25.5 Å². The van der Waals surface area contributed by atoms with E-state index in [2.05, 4.69) is 9.97 Å². The summed E-state index contributed by atoms with van der Waals surface area (Å²) in [6.45, 7) is 2.22. The molecular weight excluding hydrogens is 310 g/mol. The van der Waals surface area contributed by atoms with Crippen LogP contribution in [0.1, 0.15) is 22.9 Å². The Morgan fingerprint density at radius 2 is 1.88 bits per heavy atom. The highest BCUT2D eigenvalue weighted by Crippen LogP contribution is 2.38. The molecule has 0 amide bonds. The Morgan fingerprint density at radius 3 is 2.33 bits per heavy atom. The van der Waals surface area contributed by atoms with Crippen molar-refractivity contribution in [3.63, 3.8) is 0 Å². The van der Waals surface area contributed by atoms with Gasteiger partial charge in [0.15, 0.2) is 0 Å². The van der Waals surface area contributed by atoms with Gasteiger partial charge < -0.3 is 14.6 Å². The molecule has 7 heteroatoms. The summed E-state index contributed by atoms with van der Waals surface area (Å²) in [7, 11) is 4.74. The first kappa shape index (κ1) is 17.7. The number of aromatic nitrogens is 2. The summed E-state index contributed by atoms with van der Waals surface area (Å²) in [4.78, 5) is 21.8. The van der Waals surface area contributed by atoms with Gasteiger partial charge in [0, 0.05) is 25.1 Å². The van der Waals surface area contributed by atoms with Gasteiger partial charge >= 0.3 is 5.97 Å². The van der Waals surface area contributed by atoms with E-state index in [9.17, 15) is 9.90 Å². The molecule has 2 aromatic rings. The van der Waals surface area contributed by atoms with E-state index in [1.54, 1.807) is 42.7 Å². The summed E-state index contributed by atoms with van der Waals surface area (Å²) in [6, 6.07) is 2.64. The Balaban J connectivity index is 2.46. The Labute approximate surface area is 140 Å². The van der Waals surface area contributed by atoms with Gasteiger partial charge in [-0.15, -0.1) is 0 Å². The van der Waals surface area contributed by atoms with Gasteiger partial charge in [0.1, 0.15) is 17.5 Å². The van der Waals surface area contributed by atoms with E-state index in [0.29, 0.717) is 29.3 Å². The number of likely N-dealkylation sites (N-methyl/N-ethyl adjacent to an activating group) is 1. The number of hydrogen-bond donors (Lipinski definition) is 1. The van der Waals surface area contributed by atoms with E-state index in [0.717, 1.165) is 5.56 Å². The summed E-state index contributed by atoms with van der Waals surface area (Å²) >= 11 is 0. The molecule has 0 aliphatic carbocycles. The second-order valence-electron chi connectivity index (χ2n) is 5.44. The van der Waals surface area contributed by atoms with E-state index in [4.69, 9.17) is 9.47 Å². The van der Waals surface area contributed by atoms with E-state index in [-0.39, 0.29) is 0 Å². The molecule has 0 spiro atoms. The number of methoxy groups -OCH3 is 2. The molecule has 0 radical (unpaired) electrons. The van der Waals surface area contributed by atoms with Crippen LogP contribution < -0.4 is 9.47 Å². The number of hydrogen-bond acceptors (Lipinski definition) is 6. The first-order valence-corrected chi connectivity index (χ1v) is 7.38. The SMILES string of the molecule is COc1cc(C)cc(OC)c1[C@H](C(=O)O)N(C)Cc1cnccn1. The van der Waals surface area contributed by atoms with Crippen LogP contribution in [0.4, 0.5) is 0 Å². The van der Waals surface area contributed by atoms with Gasteiger partial charge in [-0.05, 0) is 31.7 Å². The van der Waals surface area contributed by atoms with Gasteiger partial charge in [-0.1, -0.05) is 0 Å². The van der Waals surface area contributed by atoms with Crippen molar-refractivity contribution in [1.29, 1.82) is 0 Å². The lowest BCUT2D eigenvalue weighted by atomic mass is 10.0. The minimum atomic E-state index is -0.998. The van der Waals surface area contributed by atoms with Gasteiger partial charge in [0.25, 0.3) is 0 Å². The average Bonchev–Trinajstić information content (AvgIpc) is 2.56. The molecule has 1 heterocycles. The molecule has 0 fully saturated rings. The molecule has 7 nitrogen and oxygen atoms in total. The highest BCUT2D eigenvalue weighted by Gasteiger charge is 2.31. The quantitative estimate of drug-likeness (QED) is 0.831. The van der Waals surface area contributed by atoms with Crippen molar-refractivity contribution in [2.45, 2.75) is 19.5 Å². The summed E-state index contributed by atoms with van der Waals surface area (Å²) in [5.41, 5.74) is 2.08. The number of rotatable bonds is 7. The predicted octanol–water partition coefficient (Wildman–Crippen LogP) is 2.06. The zero-order valence-electron chi connectivity index (χ0n) is 14.2. The fourth-order valence-corrected chi connectivity index (χ4v) is 2.63. The Kier molecular flexibility index (Phi) is 5.70. The zero-order chi connectivity index (χ0) is 17.7. The van der Waals surface area contributed by atoms with Gasteiger partial charge in [-0.3, -0.25) is 19.7 Å². The van der Waals surface area contributed by atoms with Crippen molar-refractivity contribution in [2.24, 2.45) is 0 Å².